The monoisotopic (exact) mass is 526 g/mol. The number of amides is 1. The first-order chi connectivity index (χ1) is 17.8. The maximum atomic E-state index is 14.6. The molecular formula is C25H23FN4O6S. The van der Waals surface area contributed by atoms with Gasteiger partial charge in [-0.3, -0.25) is 9.89 Å². The normalized spacial score (nSPS) is 17.5. The van der Waals surface area contributed by atoms with Crippen molar-refractivity contribution in [3.63, 3.8) is 0 Å². The third kappa shape index (κ3) is 4.25. The number of aromatic amines is 1. The number of rotatable bonds is 7. The fourth-order valence-electron chi connectivity index (χ4n) is 5.02. The molecule has 192 valence electrons. The van der Waals surface area contributed by atoms with Gasteiger partial charge in [0, 0.05) is 54.3 Å². The number of sulfone groups is 1. The van der Waals surface area contributed by atoms with Crippen molar-refractivity contribution in [2.45, 2.75) is 0 Å². The molecule has 4 aromatic rings. The van der Waals surface area contributed by atoms with E-state index < -0.39 is 15.7 Å². The number of carbonyl (C=O) groups excluding carboxylic acids is 1. The molecule has 1 amide bonds. The van der Waals surface area contributed by atoms with E-state index in [0.717, 1.165) is 5.56 Å². The molecular weight excluding hydrogens is 503 g/mol. The first-order valence-corrected chi connectivity index (χ1v) is 13.4. The lowest BCUT2D eigenvalue weighted by Gasteiger charge is -2.54. The number of halogens is 1. The van der Waals surface area contributed by atoms with Gasteiger partial charge in [0.05, 0.1) is 23.6 Å². The molecule has 2 aliphatic heterocycles. The molecule has 2 fully saturated rings. The third-order valence-electron chi connectivity index (χ3n) is 6.72. The molecule has 12 heteroatoms. The molecule has 37 heavy (non-hydrogen) atoms. The van der Waals surface area contributed by atoms with Crippen LogP contribution in [0.2, 0.25) is 0 Å². The Labute approximate surface area is 211 Å². The summed E-state index contributed by atoms with van der Waals surface area (Å²) in [6.45, 7) is 1.50. The first-order valence-electron chi connectivity index (χ1n) is 11.6. The number of likely N-dealkylation sites (tertiary alicyclic amines) is 1. The Bertz CT molecular complexity index is 1590. The van der Waals surface area contributed by atoms with Gasteiger partial charge in [-0.15, -0.1) is 0 Å². The topological polar surface area (TPSA) is 128 Å². The Kier molecular flexibility index (Phi) is 5.53. The van der Waals surface area contributed by atoms with Crippen LogP contribution in [0, 0.1) is 11.2 Å². The largest absolute Gasteiger partial charge is 0.488 e. The number of hydrogen-bond acceptors (Lipinski definition) is 8. The molecule has 10 nitrogen and oxygen atoms in total. The smallest absolute Gasteiger partial charge is 0.253 e. The minimum atomic E-state index is -2.92. The molecule has 0 radical (unpaired) electrons. The number of methoxy groups -OCH3 is 1. The number of carbonyl (C=O) groups is 1. The van der Waals surface area contributed by atoms with Crippen molar-refractivity contribution >= 4 is 26.6 Å². The molecule has 0 bridgehead atoms. The molecule has 2 aliphatic rings. The van der Waals surface area contributed by atoms with Gasteiger partial charge in [-0.2, -0.15) is 5.10 Å². The number of nitrogens with zero attached hydrogens (tertiary/aromatic N) is 3. The number of hydrogen-bond donors (Lipinski definition) is 1. The molecule has 0 aliphatic carbocycles. The highest BCUT2D eigenvalue weighted by molar-refractivity contribution is 7.92. The van der Waals surface area contributed by atoms with E-state index in [1.165, 1.54) is 19.2 Å². The maximum absolute atomic E-state index is 14.6. The van der Waals surface area contributed by atoms with Gasteiger partial charge in [-0.05, 0) is 18.2 Å². The average molecular weight is 527 g/mol. The van der Waals surface area contributed by atoms with E-state index in [1.54, 1.807) is 35.2 Å². The van der Waals surface area contributed by atoms with Gasteiger partial charge in [-0.25, -0.2) is 12.8 Å². The summed E-state index contributed by atoms with van der Waals surface area (Å²) in [5.41, 5.74) is 2.53. The highest BCUT2D eigenvalue weighted by Gasteiger charge is 2.57. The van der Waals surface area contributed by atoms with E-state index in [-0.39, 0.29) is 35.2 Å². The fourth-order valence-corrected chi connectivity index (χ4v) is 7.17. The molecule has 0 saturated carbocycles. The Hall–Kier alpha value is -3.77. The Morgan fingerprint density at radius 3 is 2.62 bits per heavy atom. The van der Waals surface area contributed by atoms with Crippen molar-refractivity contribution in [1.82, 2.24) is 20.3 Å². The number of H-pyrrole nitrogens is 1. The Balaban J connectivity index is 1.16. The van der Waals surface area contributed by atoms with Gasteiger partial charge >= 0.3 is 0 Å². The van der Waals surface area contributed by atoms with Gasteiger partial charge in [0.1, 0.15) is 18.0 Å². The van der Waals surface area contributed by atoms with Crippen LogP contribution in [-0.4, -0.2) is 79.5 Å². The van der Waals surface area contributed by atoms with Gasteiger partial charge in [0.15, 0.2) is 27.2 Å². The van der Waals surface area contributed by atoms with E-state index in [4.69, 9.17) is 14.0 Å². The highest BCUT2D eigenvalue weighted by Crippen LogP contribution is 2.42. The van der Waals surface area contributed by atoms with E-state index >= 15 is 0 Å². The standard InChI is InChI=1S/C25H23FN4O6S/c1-34-6-7-35-21-10-20-17(8-18(21)26)23(28-27-20)22-9-19(29-36-22)15-2-4-16(5-3-15)24(31)30-11-25(12-30)13-37(32,33)14-25/h2-5,8-10H,6-7,11-14H2,1H3,(H,27,28). The van der Waals surface area contributed by atoms with Crippen LogP contribution in [0.3, 0.4) is 0 Å². The number of nitrogens with one attached hydrogen (secondary N) is 1. The molecule has 2 saturated heterocycles. The summed E-state index contributed by atoms with van der Waals surface area (Å²) < 4.78 is 53.4. The van der Waals surface area contributed by atoms with Crippen LogP contribution in [0.25, 0.3) is 33.6 Å². The van der Waals surface area contributed by atoms with Crippen molar-refractivity contribution in [2.24, 2.45) is 5.41 Å². The summed E-state index contributed by atoms with van der Waals surface area (Å²) in [7, 11) is -1.38. The van der Waals surface area contributed by atoms with Crippen molar-refractivity contribution in [1.29, 1.82) is 0 Å². The number of benzene rings is 2. The fraction of sp³-hybridized carbons (Fsp3) is 0.320. The van der Waals surface area contributed by atoms with E-state index in [0.29, 0.717) is 53.3 Å². The van der Waals surface area contributed by atoms with Crippen molar-refractivity contribution in [2.75, 3.05) is 44.9 Å². The zero-order valence-corrected chi connectivity index (χ0v) is 20.7. The van der Waals surface area contributed by atoms with Crippen LogP contribution in [0.1, 0.15) is 10.4 Å². The van der Waals surface area contributed by atoms with Crippen molar-refractivity contribution in [3.8, 4) is 28.5 Å². The quantitative estimate of drug-likeness (QED) is 0.364. The predicted molar refractivity (Wildman–Crippen MR) is 131 cm³/mol. The van der Waals surface area contributed by atoms with Crippen molar-refractivity contribution < 1.29 is 31.6 Å². The second kappa shape index (κ2) is 8.67. The van der Waals surface area contributed by atoms with Gasteiger partial charge in [-0.1, -0.05) is 17.3 Å². The van der Waals surface area contributed by atoms with Crippen LogP contribution in [0.5, 0.6) is 5.75 Å². The first kappa shape index (κ1) is 23.6. The number of fused-ring (bicyclic) bond motifs is 1. The summed E-state index contributed by atoms with van der Waals surface area (Å²) in [4.78, 5) is 14.4. The lowest BCUT2D eigenvalue weighted by molar-refractivity contribution is 0.0202. The zero-order chi connectivity index (χ0) is 25.8. The second-order valence-corrected chi connectivity index (χ2v) is 11.7. The Morgan fingerprint density at radius 1 is 1.16 bits per heavy atom. The molecule has 2 aromatic heterocycles. The van der Waals surface area contributed by atoms with Crippen LogP contribution in [0.15, 0.2) is 47.0 Å². The minimum Gasteiger partial charge on any atom is -0.488 e. The van der Waals surface area contributed by atoms with Gasteiger partial charge in [0.2, 0.25) is 0 Å². The highest BCUT2D eigenvalue weighted by atomic mass is 32.2. The van der Waals surface area contributed by atoms with E-state index in [2.05, 4.69) is 15.4 Å². The minimum absolute atomic E-state index is 0.0961. The number of aromatic nitrogens is 3. The lowest BCUT2D eigenvalue weighted by atomic mass is 9.82. The second-order valence-electron chi connectivity index (χ2n) is 9.59. The SMILES string of the molecule is COCCOc1cc2[nH]nc(-c3cc(-c4ccc(C(=O)N5CC6(C5)CS(=O)(=O)C6)cc4)no3)c2cc1F. The molecule has 0 atom stereocenters. The third-order valence-corrected chi connectivity index (χ3v) is 8.83. The molecule has 6 rings (SSSR count). The van der Waals surface area contributed by atoms with Crippen LogP contribution < -0.4 is 4.74 Å². The van der Waals surface area contributed by atoms with E-state index in [1.807, 2.05) is 0 Å². The molecule has 0 unspecified atom stereocenters. The summed E-state index contributed by atoms with van der Waals surface area (Å²) in [6.07, 6.45) is 0. The van der Waals surface area contributed by atoms with E-state index in [9.17, 15) is 17.6 Å². The summed E-state index contributed by atoms with van der Waals surface area (Å²) in [5.74, 6) is 0.127. The molecule has 4 heterocycles. The summed E-state index contributed by atoms with van der Waals surface area (Å²) in [6, 6.07) is 11.5. The summed E-state index contributed by atoms with van der Waals surface area (Å²) >= 11 is 0. The number of ether oxygens (including phenoxy) is 2. The molecule has 2 aromatic carbocycles. The van der Waals surface area contributed by atoms with Crippen LogP contribution in [-0.2, 0) is 14.6 Å². The maximum Gasteiger partial charge on any atom is 0.253 e. The predicted octanol–water partition coefficient (Wildman–Crippen LogP) is 2.92. The zero-order valence-electron chi connectivity index (χ0n) is 19.9. The molecule has 1 N–H and O–H groups in total. The van der Waals surface area contributed by atoms with Crippen molar-refractivity contribution in [3.05, 3.63) is 53.8 Å². The summed E-state index contributed by atoms with van der Waals surface area (Å²) in [5, 5.41) is 11.8. The molecule has 1 spiro atoms. The Morgan fingerprint density at radius 2 is 1.92 bits per heavy atom. The average Bonchev–Trinajstić information content (AvgIpc) is 3.48. The van der Waals surface area contributed by atoms with Crippen LogP contribution >= 0.6 is 0 Å². The van der Waals surface area contributed by atoms with Gasteiger partial charge in [0.25, 0.3) is 5.91 Å². The lowest BCUT2D eigenvalue weighted by Crippen LogP contribution is -2.69. The van der Waals surface area contributed by atoms with Crippen LogP contribution in [0.4, 0.5) is 4.39 Å². The van der Waals surface area contributed by atoms with Gasteiger partial charge < -0.3 is 18.9 Å².